The van der Waals surface area contributed by atoms with E-state index in [0.29, 0.717) is 10.4 Å². The van der Waals surface area contributed by atoms with E-state index < -0.39 is 0 Å². The first kappa shape index (κ1) is 6.56. The van der Waals surface area contributed by atoms with Gasteiger partial charge in [-0.3, -0.25) is 0 Å². The molecule has 0 aliphatic carbocycles. The first-order chi connectivity index (χ1) is 4.84. The fourth-order valence-electron chi connectivity index (χ4n) is 0.682. The van der Waals surface area contributed by atoms with Crippen molar-refractivity contribution in [2.24, 2.45) is 0 Å². The van der Waals surface area contributed by atoms with Crippen molar-refractivity contribution in [2.45, 2.75) is 6.42 Å². The van der Waals surface area contributed by atoms with Gasteiger partial charge in [0.25, 0.3) is 0 Å². The Balaban J connectivity index is 2.94. The largest absolute Gasteiger partial charge is 0.618 e. The average molecular weight is 134 g/mol. The summed E-state index contributed by atoms with van der Waals surface area (Å²) in [4.78, 5) is 0. The first-order valence-electron chi connectivity index (χ1n) is 2.88. The van der Waals surface area contributed by atoms with Crippen LogP contribution in [0.5, 0.6) is 0 Å². The van der Waals surface area contributed by atoms with Crippen LogP contribution in [0.1, 0.15) is 5.69 Å². The molecule has 1 rings (SSSR count). The molecule has 0 aromatic carbocycles. The quantitative estimate of drug-likeness (QED) is 0.412. The molecule has 0 N–H and O–H groups in total. The minimum absolute atomic E-state index is 0.171. The van der Waals surface area contributed by atoms with E-state index in [-0.39, 0.29) is 6.42 Å². The van der Waals surface area contributed by atoms with Crippen molar-refractivity contribution in [3.63, 3.8) is 0 Å². The van der Waals surface area contributed by atoms with Crippen molar-refractivity contribution in [2.75, 3.05) is 0 Å². The number of hydrogen-bond acceptors (Lipinski definition) is 2. The Morgan fingerprint density at radius 1 is 1.60 bits per heavy atom. The minimum Gasteiger partial charge on any atom is -0.618 e. The maximum atomic E-state index is 10.8. The molecule has 0 bridgehead atoms. The first-order valence-corrected chi connectivity index (χ1v) is 2.88. The topological polar surface area (TPSA) is 50.7 Å². The Hall–Kier alpha value is -1.56. The van der Waals surface area contributed by atoms with Crippen molar-refractivity contribution < 1.29 is 4.73 Å². The Morgan fingerprint density at radius 2 is 2.40 bits per heavy atom. The molecule has 0 saturated carbocycles. The van der Waals surface area contributed by atoms with Crippen LogP contribution in [0, 0.1) is 16.5 Å². The van der Waals surface area contributed by atoms with Crippen molar-refractivity contribution in [1.82, 2.24) is 0 Å². The molecule has 0 aliphatic heterocycles. The second-order valence-corrected chi connectivity index (χ2v) is 1.85. The van der Waals surface area contributed by atoms with Crippen LogP contribution in [0.25, 0.3) is 0 Å². The summed E-state index contributed by atoms with van der Waals surface area (Å²) in [6.45, 7) is 0. The molecule has 0 unspecified atom stereocenters. The lowest BCUT2D eigenvalue weighted by Gasteiger charge is -1.97. The fraction of sp³-hybridized carbons (Fsp3) is 0.143. The summed E-state index contributed by atoms with van der Waals surface area (Å²) >= 11 is 0. The fourth-order valence-corrected chi connectivity index (χ4v) is 0.682. The predicted molar refractivity (Wildman–Crippen MR) is 34.7 cm³/mol. The van der Waals surface area contributed by atoms with Gasteiger partial charge < -0.3 is 5.21 Å². The normalized spacial score (nSPS) is 8.70. The van der Waals surface area contributed by atoms with E-state index in [1.54, 1.807) is 18.2 Å². The van der Waals surface area contributed by atoms with Crippen LogP contribution in [-0.4, -0.2) is 0 Å². The number of nitriles is 1. The molecule has 3 nitrogen and oxygen atoms in total. The van der Waals surface area contributed by atoms with Gasteiger partial charge in [0.15, 0.2) is 6.20 Å². The number of hydrogen-bond donors (Lipinski definition) is 0. The van der Waals surface area contributed by atoms with Crippen molar-refractivity contribution in [1.29, 1.82) is 5.26 Å². The number of rotatable bonds is 1. The van der Waals surface area contributed by atoms with E-state index >= 15 is 0 Å². The summed E-state index contributed by atoms with van der Waals surface area (Å²) in [5.74, 6) is 0. The van der Waals surface area contributed by atoms with Crippen LogP contribution in [0.15, 0.2) is 24.4 Å². The molecule has 1 aromatic rings. The molecule has 1 aromatic heterocycles. The lowest BCUT2D eigenvalue weighted by Crippen LogP contribution is -2.30. The molecule has 1 heterocycles. The summed E-state index contributed by atoms with van der Waals surface area (Å²) in [5.41, 5.74) is 0.491. The van der Waals surface area contributed by atoms with Crippen molar-refractivity contribution in [3.8, 4) is 6.07 Å². The summed E-state index contributed by atoms with van der Waals surface area (Å²) in [7, 11) is 0. The third-order valence-electron chi connectivity index (χ3n) is 1.16. The highest BCUT2D eigenvalue weighted by molar-refractivity contribution is 5.02. The zero-order chi connectivity index (χ0) is 7.40. The maximum absolute atomic E-state index is 10.8. The van der Waals surface area contributed by atoms with Gasteiger partial charge in [0.1, 0.15) is 6.42 Å². The molecular weight excluding hydrogens is 128 g/mol. The van der Waals surface area contributed by atoms with E-state index in [9.17, 15) is 5.21 Å². The van der Waals surface area contributed by atoms with Crippen LogP contribution in [0.2, 0.25) is 0 Å². The van der Waals surface area contributed by atoms with Gasteiger partial charge in [0, 0.05) is 12.1 Å². The summed E-state index contributed by atoms with van der Waals surface area (Å²) in [6.07, 6.45) is 1.55. The third kappa shape index (κ3) is 1.23. The molecule has 0 fully saturated rings. The van der Waals surface area contributed by atoms with Gasteiger partial charge in [0.05, 0.1) is 6.07 Å². The van der Waals surface area contributed by atoms with E-state index in [1.807, 2.05) is 6.07 Å². The van der Waals surface area contributed by atoms with Crippen LogP contribution in [0.3, 0.4) is 0 Å². The standard InChI is InChI=1S/C7H6N2O/c8-5-4-7-3-1-2-6-9(7)10/h1-3,6H,4H2. The highest BCUT2D eigenvalue weighted by atomic mass is 16.5. The SMILES string of the molecule is N#CCc1cccc[n+]1[O-]. The van der Waals surface area contributed by atoms with E-state index in [0.717, 1.165) is 0 Å². The molecular formula is C7H6N2O. The molecule has 0 amide bonds. The summed E-state index contributed by atoms with van der Waals surface area (Å²) < 4.78 is 0.698. The molecule has 0 radical (unpaired) electrons. The molecule has 0 saturated heterocycles. The molecule has 50 valence electrons. The van der Waals surface area contributed by atoms with Gasteiger partial charge >= 0.3 is 0 Å². The molecule has 0 atom stereocenters. The van der Waals surface area contributed by atoms with Crippen LogP contribution in [-0.2, 0) is 6.42 Å². The van der Waals surface area contributed by atoms with Gasteiger partial charge in [-0.05, 0) is 6.07 Å². The second kappa shape index (κ2) is 2.83. The number of nitrogens with zero attached hydrogens (tertiary/aromatic N) is 2. The Labute approximate surface area is 58.7 Å². The summed E-state index contributed by atoms with van der Waals surface area (Å²) in [5, 5.41) is 19.0. The second-order valence-electron chi connectivity index (χ2n) is 1.85. The lowest BCUT2D eigenvalue weighted by atomic mass is 10.3. The Morgan fingerprint density at radius 3 is 3.00 bits per heavy atom. The zero-order valence-electron chi connectivity index (χ0n) is 5.32. The average Bonchev–Trinajstić information content (AvgIpc) is 1.94. The van der Waals surface area contributed by atoms with Gasteiger partial charge in [-0.25, -0.2) is 0 Å². The Kier molecular flexibility index (Phi) is 1.86. The summed E-state index contributed by atoms with van der Waals surface area (Å²) in [6, 6.07) is 6.91. The van der Waals surface area contributed by atoms with Crippen LogP contribution >= 0.6 is 0 Å². The van der Waals surface area contributed by atoms with Crippen LogP contribution in [0.4, 0.5) is 0 Å². The number of aromatic nitrogens is 1. The van der Waals surface area contributed by atoms with E-state index in [2.05, 4.69) is 0 Å². The molecule has 10 heavy (non-hydrogen) atoms. The van der Waals surface area contributed by atoms with E-state index in [4.69, 9.17) is 5.26 Å². The van der Waals surface area contributed by atoms with Gasteiger partial charge in [-0.2, -0.15) is 9.99 Å². The highest BCUT2D eigenvalue weighted by Crippen LogP contribution is 1.89. The smallest absolute Gasteiger partial charge is 0.206 e. The molecule has 0 spiro atoms. The monoisotopic (exact) mass is 134 g/mol. The lowest BCUT2D eigenvalue weighted by molar-refractivity contribution is -0.613. The van der Waals surface area contributed by atoms with Gasteiger partial charge in [-0.1, -0.05) is 0 Å². The van der Waals surface area contributed by atoms with Crippen molar-refractivity contribution >= 4 is 0 Å². The van der Waals surface area contributed by atoms with Gasteiger partial charge in [0.2, 0.25) is 5.69 Å². The molecule has 3 heteroatoms. The van der Waals surface area contributed by atoms with Gasteiger partial charge in [-0.15, -0.1) is 0 Å². The van der Waals surface area contributed by atoms with Crippen LogP contribution < -0.4 is 4.73 Å². The maximum Gasteiger partial charge on any atom is 0.206 e. The Bertz CT molecular complexity index is 265. The molecule has 0 aliphatic rings. The predicted octanol–water partition coefficient (Wildman–Crippen LogP) is 0.386. The number of pyridine rings is 1. The highest BCUT2D eigenvalue weighted by Gasteiger charge is 1.99. The van der Waals surface area contributed by atoms with E-state index in [1.165, 1.54) is 6.20 Å². The zero-order valence-corrected chi connectivity index (χ0v) is 5.32. The minimum atomic E-state index is 0.171. The third-order valence-corrected chi connectivity index (χ3v) is 1.16. The van der Waals surface area contributed by atoms with Crippen molar-refractivity contribution in [3.05, 3.63) is 35.3 Å².